The lowest BCUT2D eigenvalue weighted by Crippen LogP contribution is -3.00. The second-order valence-electron chi connectivity index (χ2n) is 10.1. The first-order chi connectivity index (χ1) is 22.4. The molecule has 0 saturated heterocycles. The van der Waals surface area contributed by atoms with Crippen LogP contribution < -0.4 is 37.8 Å². The van der Waals surface area contributed by atoms with Gasteiger partial charge in [-0.1, -0.05) is 62.0 Å². The van der Waals surface area contributed by atoms with Crippen LogP contribution in [0.3, 0.4) is 0 Å². The van der Waals surface area contributed by atoms with E-state index in [0.29, 0.717) is 23.7 Å². The van der Waals surface area contributed by atoms with Gasteiger partial charge < -0.3 is 31.4 Å². The minimum absolute atomic E-state index is 0. The third-order valence-corrected chi connectivity index (χ3v) is 11.3. The minimum Gasteiger partial charge on any atom is -1.00 e. The van der Waals surface area contributed by atoms with Crippen molar-refractivity contribution in [3.8, 4) is 11.8 Å². The van der Waals surface area contributed by atoms with Crippen LogP contribution in [-0.2, 0) is 9.47 Å². The van der Waals surface area contributed by atoms with Crippen molar-refractivity contribution < 1.29 is 36.1 Å². The van der Waals surface area contributed by atoms with Gasteiger partial charge in [0, 0.05) is 37.2 Å². The number of pyridine rings is 2. The molecular weight excluding hydrogens is 643 g/mol. The largest absolute Gasteiger partial charge is 1.00 e. The number of methoxy groups -OCH3 is 4. The third-order valence-electron chi connectivity index (χ3n) is 7.09. The molecule has 2 heterocycles. The molecule has 3 aromatic carbocycles. The maximum Gasteiger partial charge on any atom is 0.213 e. The molecule has 5 aromatic rings. The zero-order valence-corrected chi connectivity index (χ0v) is 29.3. The standard InChI is InChI=1S/C20H20OP.C10H13NO2.C8H9NO2.CH4.ClH/c1-21-17-22(18-11-5-2-6-12-18,19-13-7-3-8-14-19)20-15-9-4-10-16-20;1-8-6-10(13-3)11-7-9(8)4-5-12-2;1-6-3-8(11-2)9-4-7(6)5-10;;/h2-16H,17H2,1H3;4-7H,1-3H3;3-5H,1-2H3;1H4;1H/q+1;;;;/p-1/b;5-4+;;;. The Kier molecular flexibility index (Phi) is 19.1. The Labute approximate surface area is 292 Å². The number of rotatable bonds is 10. The number of ether oxygens (including phenoxy) is 4. The highest BCUT2D eigenvalue weighted by Gasteiger charge is 2.45. The Morgan fingerprint density at radius 2 is 1.04 bits per heavy atom. The van der Waals surface area contributed by atoms with Crippen LogP contribution in [0.25, 0.3) is 6.08 Å². The first-order valence-corrected chi connectivity index (χ1v) is 16.6. The van der Waals surface area contributed by atoms with Crippen molar-refractivity contribution >= 4 is 35.5 Å². The highest BCUT2D eigenvalue weighted by atomic mass is 35.5. The molecule has 5 rings (SSSR count). The summed E-state index contributed by atoms with van der Waals surface area (Å²) in [5, 5.41) is 4.07. The van der Waals surface area contributed by atoms with Crippen molar-refractivity contribution in [2.45, 2.75) is 21.3 Å². The van der Waals surface area contributed by atoms with Crippen molar-refractivity contribution in [3.05, 3.63) is 144 Å². The molecule has 0 N–H and O–H groups in total. The van der Waals surface area contributed by atoms with E-state index < -0.39 is 7.26 Å². The maximum atomic E-state index is 10.3. The van der Waals surface area contributed by atoms with Crippen molar-refractivity contribution in [1.82, 2.24) is 9.97 Å². The van der Waals surface area contributed by atoms with Crippen LogP contribution in [0.5, 0.6) is 11.8 Å². The number of nitrogens with zero attached hydrogens (tertiary/aromatic N) is 2. The molecule has 0 radical (unpaired) electrons. The fraction of sp³-hybridized carbons (Fsp3) is 0.205. The molecule has 254 valence electrons. The third kappa shape index (κ3) is 11.3. The van der Waals surface area contributed by atoms with E-state index in [0.717, 1.165) is 23.0 Å². The molecule has 0 amide bonds. The number of carbonyl (C=O) groups is 1. The Balaban J connectivity index is 0.000000382. The van der Waals surface area contributed by atoms with Gasteiger partial charge >= 0.3 is 0 Å². The molecule has 48 heavy (non-hydrogen) atoms. The first-order valence-electron chi connectivity index (χ1n) is 14.6. The number of halogens is 1. The molecular formula is C39H46ClN2O5P. The molecule has 0 atom stereocenters. The second kappa shape index (κ2) is 22.1. The summed E-state index contributed by atoms with van der Waals surface area (Å²) >= 11 is 0. The summed E-state index contributed by atoms with van der Waals surface area (Å²) < 4.78 is 20.4. The highest BCUT2D eigenvalue weighted by Crippen LogP contribution is 2.55. The summed E-state index contributed by atoms with van der Waals surface area (Å²) in [6, 6.07) is 35.9. The predicted octanol–water partition coefficient (Wildman–Crippen LogP) is 4.45. The Morgan fingerprint density at radius 1 is 0.646 bits per heavy atom. The van der Waals surface area contributed by atoms with Crippen molar-refractivity contribution in [2.75, 3.05) is 34.8 Å². The number of aryl methyl sites for hydroxylation is 2. The van der Waals surface area contributed by atoms with E-state index in [2.05, 4.69) is 101 Å². The van der Waals surface area contributed by atoms with E-state index in [-0.39, 0.29) is 19.8 Å². The average Bonchev–Trinajstić information content (AvgIpc) is 3.11. The number of benzene rings is 3. The van der Waals surface area contributed by atoms with Gasteiger partial charge in [0.15, 0.2) is 12.6 Å². The lowest BCUT2D eigenvalue weighted by atomic mass is 10.1. The van der Waals surface area contributed by atoms with Crippen LogP contribution in [0, 0.1) is 13.8 Å². The van der Waals surface area contributed by atoms with Gasteiger partial charge in [-0.15, -0.1) is 0 Å². The topological polar surface area (TPSA) is 79.8 Å². The van der Waals surface area contributed by atoms with Crippen LogP contribution in [0.2, 0.25) is 0 Å². The van der Waals surface area contributed by atoms with Gasteiger partial charge in [-0.3, -0.25) is 4.79 Å². The fourth-order valence-corrected chi connectivity index (χ4v) is 8.43. The number of aromatic nitrogens is 2. The molecule has 9 heteroatoms. The zero-order valence-electron chi connectivity index (χ0n) is 27.7. The molecule has 0 unspecified atom stereocenters. The van der Waals surface area contributed by atoms with Gasteiger partial charge in [0.2, 0.25) is 11.8 Å². The van der Waals surface area contributed by atoms with Crippen LogP contribution in [0.1, 0.15) is 34.5 Å². The van der Waals surface area contributed by atoms with Crippen LogP contribution in [0.15, 0.2) is 122 Å². The molecule has 0 saturated carbocycles. The normalized spacial score (nSPS) is 10.1. The summed E-state index contributed by atoms with van der Waals surface area (Å²) in [6.07, 6.45) is 8.23. The summed E-state index contributed by atoms with van der Waals surface area (Å²) in [7, 11) is 4.78. The number of hydrogen-bond acceptors (Lipinski definition) is 7. The van der Waals surface area contributed by atoms with E-state index in [4.69, 9.17) is 18.9 Å². The summed E-state index contributed by atoms with van der Waals surface area (Å²) in [5.41, 5.74) is 3.63. The monoisotopic (exact) mass is 688 g/mol. The summed E-state index contributed by atoms with van der Waals surface area (Å²) in [4.78, 5) is 18.3. The number of carbonyl (C=O) groups excluding carboxylic acids is 1. The van der Waals surface area contributed by atoms with Crippen LogP contribution in [-0.4, -0.2) is 51.0 Å². The SMILES string of the molecule is C.CO/C=C/c1cnc(OC)cc1C.COC[P+](c1ccccc1)(c1ccccc1)c1ccccc1.COc1cc(C)c(C=O)cn1.[Cl-]. The lowest BCUT2D eigenvalue weighted by molar-refractivity contribution is -0.0000175. The molecule has 7 nitrogen and oxygen atoms in total. The molecule has 0 fully saturated rings. The van der Waals surface area contributed by atoms with E-state index in [9.17, 15) is 4.79 Å². The molecule has 0 bridgehead atoms. The zero-order chi connectivity index (χ0) is 33.2. The number of aldehydes is 1. The highest BCUT2D eigenvalue weighted by molar-refractivity contribution is 7.95. The predicted molar refractivity (Wildman–Crippen MR) is 196 cm³/mol. The molecule has 0 aliphatic rings. The number of hydrogen-bond donors (Lipinski definition) is 0. The van der Waals surface area contributed by atoms with E-state index >= 15 is 0 Å². The van der Waals surface area contributed by atoms with Gasteiger partial charge in [0.05, 0.1) is 27.6 Å². The Hall–Kier alpha value is -4.55. The average molecular weight is 689 g/mol. The van der Waals surface area contributed by atoms with E-state index in [1.165, 1.54) is 22.1 Å². The van der Waals surface area contributed by atoms with Crippen molar-refractivity contribution in [3.63, 3.8) is 0 Å². The second-order valence-corrected chi connectivity index (χ2v) is 13.5. The molecule has 0 spiro atoms. The Bertz CT molecular complexity index is 1560. The van der Waals surface area contributed by atoms with Gasteiger partial charge in [-0.25, -0.2) is 9.97 Å². The maximum absolute atomic E-state index is 10.3. The van der Waals surface area contributed by atoms with Gasteiger partial charge in [-0.05, 0) is 73.0 Å². The van der Waals surface area contributed by atoms with Crippen LogP contribution >= 0.6 is 7.26 Å². The fourth-order valence-electron chi connectivity index (χ4n) is 4.66. The van der Waals surface area contributed by atoms with Gasteiger partial charge in [0.1, 0.15) is 23.2 Å². The Morgan fingerprint density at radius 3 is 1.35 bits per heavy atom. The lowest BCUT2D eigenvalue weighted by Gasteiger charge is -2.26. The van der Waals surface area contributed by atoms with Crippen molar-refractivity contribution in [1.29, 1.82) is 0 Å². The van der Waals surface area contributed by atoms with Gasteiger partial charge in [-0.2, -0.15) is 0 Å². The van der Waals surface area contributed by atoms with Gasteiger partial charge in [0.25, 0.3) is 0 Å². The van der Waals surface area contributed by atoms with E-state index in [1.54, 1.807) is 47.0 Å². The molecule has 0 aliphatic heterocycles. The van der Waals surface area contributed by atoms with Crippen molar-refractivity contribution in [2.24, 2.45) is 0 Å². The minimum atomic E-state index is -1.78. The molecule has 2 aromatic heterocycles. The smallest absolute Gasteiger partial charge is 0.213 e. The quantitative estimate of drug-likeness (QED) is 0.122. The first kappa shape index (κ1) is 41.5. The summed E-state index contributed by atoms with van der Waals surface area (Å²) in [5.74, 6) is 1.17. The van der Waals surface area contributed by atoms with Crippen LogP contribution in [0.4, 0.5) is 0 Å². The molecule has 0 aliphatic carbocycles. The summed E-state index contributed by atoms with van der Waals surface area (Å²) in [6.45, 7) is 3.84. The van der Waals surface area contributed by atoms with E-state index in [1.807, 2.05) is 26.0 Å².